The molecule has 28 heavy (non-hydrogen) atoms. The van der Waals surface area contributed by atoms with Gasteiger partial charge in [0.05, 0.1) is 10.7 Å². The molecule has 2 N–H and O–H groups in total. The lowest BCUT2D eigenvalue weighted by Gasteiger charge is -2.22. The summed E-state index contributed by atoms with van der Waals surface area (Å²) in [6.07, 6.45) is 5.63. The SMILES string of the molecule is O=C(CSc1nnc(NC(=O)c2ccc([N+](=O)[O-])cc2)s1)NC1CCCCC1. The zero-order chi connectivity index (χ0) is 19.9. The van der Waals surface area contributed by atoms with Gasteiger partial charge in [-0.2, -0.15) is 0 Å². The van der Waals surface area contributed by atoms with Gasteiger partial charge in [-0.15, -0.1) is 10.2 Å². The van der Waals surface area contributed by atoms with Crippen LogP contribution in [0.3, 0.4) is 0 Å². The molecule has 0 radical (unpaired) electrons. The molecule has 11 heteroatoms. The second-order valence-corrected chi connectivity index (χ2v) is 8.52. The van der Waals surface area contributed by atoms with Gasteiger partial charge in [0.1, 0.15) is 0 Å². The maximum absolute atomic E-state index is 12.2. The summed E-state index contributed by atoms with van der Waals surface area (Å²) in [6.45, 7) is 0. The number of nitrogens with one attached hydrogen (secondary N) is 2. The molecule has 0 saturated heterocycles. The third-order valence-corrected chi connectivity index (χ3v) is 6.24. The number of nitro groups is 1. The number of carbonyl (C=O) groups is 2. The van der Waals surface area contributed by atoms with Crippen LogP contribution in [0.4, 0.5) is 10.8 Å². The first-order chi connectivity index (χ1) is 13.5. The van der Waals surface area contributed by atoms with E-state index >= 15 is 0 Å². The van der Waals surface area contributed by atoms with E-state index in [1.54, 1.807) is 0 Å². The Bertz CT molecular complexity index is 849. The van der Waals surface area contributed by atoms with Gasteiger partial charge in [-0.3, -0.25) is 25.0 Å². The van der Waals surface area contributed by atoms with Crippen LogP contribution in [0.5, 0.6) is 0 Å². The fourth-order valence-corrected chi connectivity index (χ4v) is 4.42. The number of rotatable bonds is 7. The highest BCUT2D eigenvalue weighted by Gasteiger charge is 2.17. The van der Waals surface area contributed by atoms with Gasteiger partial charge in [-0.1, -0.05) is 42.4 Å². The van der Waals surface area contributed by atoms with Crippen LogP contribution in [-0.2, 0) is 4.79 Å². The molecule has 1 aliphatic carbocycles. The lowest BCUT2D eigenvalue weighted by molar-refractivity contribution is -0.384. The number of hydrogen-bond acceptors (Lipinski definition) is 8. The van der Waals surface area contributed by atoms with Gasteiger partial charge in [-0.05, 0) is 25.0 Å². The maximum atomic E-state index is 12.2. The minimum Gasteiger partial charge on any atom is -0.353 e. The van der Waals surface area contributed by atoms with Crippen molar-refractivity contribution in [2.24, 2.45) is 0 Å². The minimum absolute atomic E-state index is 0.0245. The summed E-state index contributed by atoms with van der Waals surface area (Å²) in [7, 11) is 0. The van der Waals surface area contributed by atoms with Gasteiger partial charge < -0.3 is 5.32 Å². The molecule has 3 rings (SSSR count). The van der Waals surface area contributed by atoms with Crippen LogP contribution >= 0.6 is 23.1 Å². The molecule has 1 aliphatic rings. The van der Waals surface area contributed by atoms with E-state index in [-0.39, 0.29) is 29.0 Å². The Morgan fingerprint density at radius 1 is 1.18 bits per heavy atom. The summed E-state index contributed by atoms with van der Waals surface area (Å²) in [4.78, 5) is 34.3. The molecule has 1 fully saturated rings. The molecule has 0 unspecified atom stereocenters. The largest absolute Gasteiger partial charge is 0.353 e. The molecule has 0 bridgehead atoms. The van der Waals surface area contributed by atoms with Crippen LogP contribution in [-0.4, -0.2) is 38.7 Å². The van der Waals surface area contributed by atoms with Crippen LogP contribution in [0.2, 0.25) is 0 Å². The lowest BCUT2D eigenvalue weighted by Crippen LogP contribution is -2.37. The van der Waals surface area contributed by atoms with Crippen molar-refractivity contribution in [2.45, 2.75) is 42.5 Å². The number of benzene rings is 1. The molecular weight excluding hydrogens is 402 g/mol. The number of aromatic nitrogens is 2. The maximum Gasteiger partial charge on any atom is 0.269 e. The molecule has 1 aromatic carbocycles. The second-order valence-electron chi connectivity index (χ2n) is 6.32. The monoisotopic (exact) mass is 421 g/mol. The van der Waals surface area contributed by atoms with Gasteiger partial charge in [-0.25, -0.2) is 0 Å². The Hall–Kier alpha value is -2.53. The molecule has 148 valence electrons. The summed E-state index contributed by atoms with van der Waals surface area (Å²) in [5, 5.41) is 24.5. The van der Waals surface area contributed by atoms with Gasteiger partial charge in [0.2, 0.25) is 11.0 Å². The fraction of sp³-hybridized carbons (Fsp3) is 0.412. The predicted molar refractivity (Wildman–Crippen MR) is 107 cm³/mol. The zero-order valence-corrected chi connectivity index (χ0v) is 16.6. The third-order valence-electron chi connectivity index (χ3n) is 4.26. The van der Waals surface area contributed by atoms with Gasteiger partial charge in [0.15, 0.2) is 4.34 Å². The van der Waals surface area contributed by atoms with Crippen molar-refractivity contribution in [3.63, 3.8) is 0 Å². The highest BCUT2D eigenvalue weighted by atomic mass is 32.2. The van der Waals surface area contributed by atoms with E-state index in [0.29, 0.717) is 9.47 Å². The van der Waals surface area contributed by atoms with Crippen molar-refractivity contribution in [1.29, 1.82) is 0 Å². The fourth-order valence-electron chi connectivity index (χ4n) is 2.87. The van der Waals surface area contributed by atoms with E-state index in [0.717, 1.165) is 25.7 Å². The molecule has 2 amide bonds. The van der Waals surface area contributed by atoms with Crippen molar-refractivity contribution >= 4 is 45.7 Å². The van der Waals surface area contributed by atoms with Crippen molar-refractivity contribution in [2.75, 3.05) is 11.1 Å². The van der Waals surface area contributed by atoms with Crippen molar-refractivity contribution in [3.8, 4) is 0 Å². The van der Waals surface area contributed by atoms with Gasteiger partial charge in [0.25, 0.3) is 11.6 Å². The quantitative estimate of drug-likeness (QED) is 0.304. The summed E-state index contributed by atoms with van der Waals surface area (Å²) in [6, 6.07) is 5.55. The van der Waals surface area contributed by atoms with Crippen molar-refractivity contribution in [1.82, 2.24) is 15.5 Å². The average Bonchev–Trinajstić information content (AvgIpc) is 3.14. The van der Waals surface area contributed by atoms with Gasteiger partial charge >= 0.3 is 0 Å². The van der Waals surface area contributed by atoms with Crippen LogP contribution < -0.4 is 10.6 Å². The van der Waals surface area contributed by atoms with E-state index in [1.807, 2.05) is 0 Å². The molecule has 0 atom stereocenters. The first-order valence-corrected chi connectivity index (χ1v) is 10.6. The van der Waals surface area contributed by atoms with Crippen LogP contribution in [0.25, 0.3) is 0 Å². The molecule has 1 saturated carbocycles. The minimum atomic E-state index is -0.527. The Balaban J connectivity index is 1.47. The number of non-ortho nitro benzene ring substituents is 1. The average molecular weight is 422 g/mol. The summed E-state index contributed by atoms with van der Waals surface area (Å²) in [5.74, 6) is -0.206. The molecular formula is C17H19N5O4S2. The highest BCUT2D eigenvalue weighted by molar-refractivity contribution is 8.01. The molecule has 1 heterocycles. The number of hydrogen-bond donors (Lipinski definition) is 2. The summed E-state index contributed by atoms with van der Waals surface area (Å²) < 4.78 is 0.581. The molecule has 0 aliphatic heterocycles. The summed E-state index contributed by atoms with van der Waals surface area (Å²) in [5.41, 5.74) is 0.194. The second kappa shape index (κ2) is 9.60. The summed E-state index contributed by atoms with van der Waals surface area (Å²) >= 11 is 2.45. The first kappa shape index (κ1) is 20.2. The zero-order valence-electron chi connectivity index (χ0n) is 14.9. The standard InChI is InChI=1S/C17H19N5O4S2/c23-14(18-12-4-2-1-3-5-12)10-27-17-21-20-16(28-17)19-15(24)11-6-8-13(9-7-11)22(25)26/h6-9,12H,1-5,10H2,(H,18,23)(H,19,20,24). The Labute approximate surface area is 169 Å². The van der Waals surface area contributed by atoms with E-state index in [2.05, 4.69) is 20.8 Å². The Morgan fingerprint density at radius 2 is 1.89 bits per heavy atom. The highest BCUT2D eigenvalue weighted by Crippen LogP contribution is 2.26. The van der Waals surface area contributed by atoms with Crippen molar-refractivity contribution < 1.29 is 14.5 Å². The van der Waals surface area contributed by atoms with Crippen LogP contribution in [0, 0.1) is 10.1 Å². The van der Waals surface area contributed by atoms with E-state index in [1.165, 1.54) is 53.8 Å². The predicted octanol–water partition coefficient (Wildman–Crippen LogP) is 3.24. The molecule has 2 aromatic rings. The van der Waals surface area contributed by atoms with Crippen molar-refractivity contribution in [3.05, 3.63) is 39.9 Å². The lowest BCUT2D eigenvalue weighted by atomic mass is 9.95. The Kier molecular flexibility index (Phi) is 6.93. The third kappa shape index (κ3) is 5.73. The smallest absolute Gasteiger partial charge is 0.269 e. The Morgan fingerprint density at radius 3 is 2.57 bits per heavy atom. The number of carbonyl (C=O) groups excluding carboxylic acids is 2. The van der Waals surface area contributed by atoms with E-state index in [4.69, 9.17) is 0 Å². The van der Waals surface area contributed by atoms with E-state index < -0.39 is 10.8 Å². The molecule has 1 aromatic heterocycles. The first-order valence-electron chi connectivity index (χ1n) is 8.83. The van der Waals surface area contributed by atoms with Crippen LogP contribution in [0.1, 0.15) is 42.5 Å². The van der Waals surface area contributed by atoms with Gasteiger partial charge in [0, 0.05) is 23.7 Å². The molecule has 9 nitrogen and oxygen atoms in total. The number of nitrogens with zero attached hydrogens (tertiary/aromatic N) is 3. The number of anilines is 1. The number of amides is 2. The number of thioether (sulfide) groups is 1. The molecule has 0 spiro atoms. The van der Waals surface area contributed by atoms with Crippen LogP contribution in [0.15, 0.2) is 28.6 Å². The topological polar surface area (TPSA) is 127 Å². The normalized spacial score (nSPS) is 14.4. The number of nitro benzene ring substituents is 1. The van der Waals surface area contributed by atoms with E-state index in [9.17, 15) is 19.7 Å².